The molecule has 1 fully saturated rings. The first kappa shape index (κ1) is 17.5. The molecule has 3 rings (SSSR count). The standard InChI is InChI=1S/C17H20N4O3S/c1-3-24-16(23)17(7-4-5-8-17)21-14(22)12-11(2)20-15(25-12)13-18-9-6-10-19-13/h6,9-10H,3-5,7-8H2,1-2H3,(H,21,22). The van der Waals surface area contributed by atoms with Crippen molar-refractivity contribution in [1.29, 1.82) is 0 Å². The molecule has 0 aromatic carbocycles. The van der Waals surface area contributed by atoms with Crippen LogP contribution >= 0.6 is 11.3 Å². The number of aromatic nitrogens is 3. The summed E-state index contributed by atoms with van der Waals surface area (Å²) in [4.78, 5) is 38.4. The van der Waals surface area contributed by atoms with E-state index in [1.165, 1.54) is 11.3 Å². The van der Waals surface area contributed by atoms with E-state index in [0.29, 0.717) is 40.9 Å². The zero-order chi connectivity index (χ0) is 17.9. The van der Waals surface area contributed by atoms with Gasteiger partial charge < -0.3 is 10.1 Å². The maximum absolute atomic E-state index is 12.8. The molecule has 132 valence electrons. The van der Waals surface area contributed by atoms with Crippen LogP contribution in [0.4, 0.5) is 0 Å². The quantitative estimate of drug-likeness (QED) is 0.824. The summed E-state index contributed by atoms with van der Waals surface area (Å²) >= 11 is 1.23. The molecule has 1 aliphatic rings. The van der Waals surface area contributed by atoms with Crippen LogP contribution in [0.5, 0.6) is 0 Å². The second-order valence-corrected chi connectivity index (χ2v) is 6.97. The summed E-state index contributed by atoms with van der Waals surface area (Å²) in [5.74, 6) is -0.169. The number of esters is 1. The molecule has 0 radical (unpaired) electrons. The Morgan fingerprint density at radius 3 is 2.60 bits per heavy atom. The Morgan fingerprint density at radius 1 is 1.28 bits per heavy atom. The molecule has 0 spiro atoms. The first-order valence-electron chi connectivity index (χ1n) is 8.30. The molecule has 7 nitrogen and oxygen atoms in total. The number of rotatable bonds is 5. The molecule has 8 heteroatoms. The number of ether oxygens (including phenoxy) is 1. The first-order chi connectivity index (χ1) is 12.1. The highest BCUT2D eigenvalue weighted by atomic mass is 32.1. The lowest BCUT2D eigenvalue weighted by molar-refractivity contribution is -0.150. The molecule has 1 amide bonds. The van der Waals surface area contributed by atoms with Gasteiger partial charge in [-0.05, 0) is 32.8 Å². The Labute approximate surface area is 149 Å². The van der Waals surface area contributed by atoms with Crippen molar-refractivity contribution in [2.24, 2.45) is 0 Å². The highest BCUT2D eigenvalue weighted by Gasteiger charge is 2.44. The molecule has 25 heavy (non-hydrogen) atoms. The minimum atomic E-state index is -0.924. The fourth-order valence-corrected chi connectivity index (χ4v) is 3.92. The second kappa shape index (κ2) is 7.26. The lowest BCUT2D eigenvalue weighted by Gasteiger charge is -2.27. The smallest absolute Gasteiger partial charge is 0.331 e. The number of hydrogen-bond donors (Lipinski definition) is 1. The van der Waals surface area contributed by atoms with Crippen LogP contribution in [0.1, 0.15) is 48.0 Å². The first-order valence-corrected chi connectivity index (χ1v) is 9.12. The molecule has 0 unspecified atom stereocenters. The third kappa shape index (κ3) is 3.53. The van der Waals surface area contributed by atoms with Gasteiger partial charge in [-0.15, -0.1) is 11.3 Å². The van der Waals surface area contributed by atoms with Crippen LogP contribution in [0.25, 0.3) is 10.8 Å². The summed E-state index contributed by atoms with van der Waals surface area (Å²) in [6, 6.07) is 1.72. The Balaban J connectivity index is 1.83. The van der Waals surface area contributed by atoms with Crippen molar-refractivity contribution in [1.82, 2.24) is 20.3 Å². The molecule has 2 aromatic heterocycles. The van der Waals surface area contributed by atoms with Crippen LogP contribution in [0.15, 0.2) is 18.5 Å². The number of thiazole rings is 1. The lowest BCUT2D eigenvalue weighted by Crippen LogP contribution is -2.53. The van der Waals surface area contributed by atoms with Crippen LogP contribution in [0.3, 0.4) is 0 Å². The highest BCUT2D eigenvalue weighted by molar-refractivity contribution is 7.17. The third-order valence-electron chi connectivity index (χ3n) is 4.24. The fraction of sp³-hybridized carbons (Fsp3) is 0.471. The third-order valence-corrected chi connectivity index (χ3v) is 5.39. The number of carbonyl (C=O) groups is 2. The van der Waals surface area contributed by atoms with Gasteiger partial charge >= 0.3 is 5.97 Å². The molecule has 1 aliphatic carbocycles. The van der Waals surface area contributed by atoms with Crippen molar-refractivity contribution >= 4 is 23.2 Å². The van der Waals surface area contributed by atoms with E-state index in [1.807, 2.05) is 0 Å². The van der Waals surface area contributed by atoms with Crippen LogP contribution in [-0.2, 0) is 9.53 Å². The van der Waals surface area contributed by atoms with Gasteiger partial charge in [0.2, 0.25) is 0 Å². The monoisotopic (exact) mass is 360 g/mol. The Kier molecular flexibility index (Phi) is 5.08. The van der Waals surface area contributed by atoms with Crippen molar-refractivity contribution in [3.05, 3.63) is 29.0 Å². The Hall–Kier alpha value is -2.35. The predicted octanol–water partition coefficient (Wildman–Crippen LogP) is 2.51. The van der Waals surface area contributed by atoms with Crippen LogP contribution < -0.4 is 5.32 Å². The van der Waals surface area contributed by atoms with E-state index in [9.17, 15) is 9.59 Å². The van der Waals surface area contributed by atoms with Gasteiger partial charge in [-0.1, -0.05) is 12.8 Å². The molecule has 2 heterocycles. The molecular formula is C17H20N4O3S. The topological polar surface area (TPSA) is 94.1 Å². The van der Waals surface area contributed by atoms with Gasteiger partial charge in [0, 0.05) is 12.4 Å². The van der Waals surface area contributed by atoms with Gasteiger partial charge in [0.15, 0.2) is 10.8 Å². The second-order valence-electron chi connectivity index (χ2n) is 5.97. The van der Waals surface area contributed by atoms with E-state index < -0.39 is 5.54 Å². The van der Waals surface area contributed by atoms with Crippen LogP contribution in [0.2, 0.25) is 0 Å². The SMILES string of the molecule is CCOC(=O)C1(NC(=O)c2sc(-c3ncccn3)nc2C)CCCC1. The summed E-state index contributed by atoms with van der Waals surface area (Å²) in [6.45, 7) is 3.83. The molecule has 2 aromatic rings. The maximum atomic E-state index is 12.8. The number of nitrogens with one attached hydrogen (secondary N) is 1. The van der Waals surface area contributed by atoms with Crippen molar-refractivity contribution in [3.63, 3.8) is 0 Å². The lowest BCUT2D eigenvalue weighted by atomic mass is 9.97. The molecule has 1 saturated carbocycles. The normalized spacial score (nSPS) is 15.8. The van der Waals surface area contributed by atoms with Crippen molar-refractivity contribution in [2.75, 3.05) is 6.61 Å². The van der Waals surface area contributed by atoms with Gasteiger partial charge in [-0.25, -0.2) is 19.7 Å². The van der Waals surface area contributed by atoms with E-state index in [4.69, 9.17) is 4.74 Å². The number of amides is 1. The van der Waals surface area contributed by atoms with Gasteiger partial charge in [0.1, 0.15) is 10.4 Å². The van der Waals surface area contributed by atoms with Gasteiger partial charge in [-0.3, -0.25) is 4.79 Å². The summed E-state index contributed by atoms with van der Waals surface area (Å²) in [5.41, 5.74) is -0.325. The Morgan fingerprint density at radius 2 is 1.96 bits per heavy atom. The zero-order valence-corrected chi connectivity index (χ0v) is 15.1. The summed E-state index contributed by atoms with van der Waals surface area (Å²) in [6.07, 6.45) is 6.25. The van der Waals surface area contributed by atoms with Gasteiger partial charge in [-0.2, -0.15) is 0 Å². The molecule has 0 bridgehead atoms. The van der Waals surface area contributed by atoms with Crippen molar-refractivity contribution in [3.8, 4) is 10.8 Å². The average molecular weight is 360 g/mol. The number of carbonyl (C=O) groups excluding carboxylic acids is 2. The van der Waals surface area contributed by atoms with Crippen molar-refractivity contribution < 1.29 is 14.3 Å². The van der Waals surface area contributed by atoms with E-state index in [1.54, 1.807) is 32.3 Å². The fourth-order valence-electron chi connectivity index (χ4n) is 3.01. The molecule has 0 saturated heterocycles. The zero-order valence-electron chi connectivity index (χ0n) is 14.2. The van der Waals surface area contributed by atoms with Gasteiger partial charge in [0.05, 0.1) is 12.3 Å². The van der Waals surface area contributed by atoms with Crippen molar-refractivity contribution in [2.45, 2.75) is 45.1 Å². The minimum absolute atomic E-state index is 0.297. The predicted molar refractivity (Wildman–Crippen MR) is 93.2 cm³/mol. The summed E-state index contributed by atoms with van der Waals surface area (Å²) in [5, 5.41) is 3.50. The Bertz CT molecular complexity index is 769. The van der Waals surface area contributed by atoms with Crippen LogP contribution in [0, 0.1) is 6.92 Å². The number of nitrogens with zero attached hydrogens (tertiary/aromatic N) is 3. The molecule has 1 N–H and O–H groups in total. The number of hydrogen-bond acceptors (Lipinski definition) is 7. The van der Waals surface area contributed by atoms with E-state index in [2.05, 4.69) is 20.3 Å². The number of aryl methyl sites for hydroxylation is 1. The van der Waals surface area contributed by atoms with Gasteiger partial charge in [0.25, 0.3) is 5.91 Å². The maximum Gasteiger partial charge on any atom is 0.331 e. The largest absolute Gasteiger partial charge is 0.464 e. The van der Waals surface area contributed by atoms with E-state index in [0.717, 1.165) is 12.8 Å². The molecule has 0 aliphatic heterocycles. The summed E-state index contributed by atoms with van der Waals surface area (Å²) in [7, 11) is 0. The molecular weight excluding hydrogens is 340 g/mol. The van der Waals surface area contributed by atoms with Crippen LogP contribution in [-0.4, -0.2) is 39.0 Å². The highest BCUT2D eigenvalue weighted by Crippen LogP contribution is 2.32. The molecule has 0 atom stereocenters. The average Bonchev–Trinajstić information content (AvgIpc) is 3.23. The minimum Gasteiger partial charge on any atom is -0.464 e. The summed E-state index contributed by atoms with van der Waals surface area (Å²) < 4.78 is 5.18. The van der Waals surface area contributed by atoms with E-state index >= 15 is 0 Å². The van der Waals surface area contributed by atoms with E-state index in [-0.39, 0.29) is 11.9 Å².